The Labute approximate surface area is 84.9 Å². The van der Waals surface area contributed by atoms with Gasteiger partial charge in [0, 0.05) is 13.1 Å². The molecule has 0 bridgehead atoms. The normalized spacial score (nSPS) is 30.2. The molecule has 1 aliphatic heterocycles. The first-order chi connectivity index (χ1) is 6.79. The summed E-state index contributed by atoms with van der Waals surface area (Å²) in [6.07, 6.45) is -1.30. The molecule has 2 unspecified atom stereocenters. The summed E-state index contributed by atoms with van der Waals surface area (Å²) in [6.45, 7) is 0.666. The summed E-state index contributed by atoms with van der Waals surface area (Å²) in [5.74, 6) is -3.78. The molecule has 0 aromatic rings. The van der Waals surface area contributed by atoms with Crippen LogP contribution in [-0.2, 0) is 9.59 Å². The highest BCUT2D eigenvalue weighted by Gasteiger charge is 2.53. The van der Waals surface area contributed by atoms with Gasteiger partial charge in [-0.3, -0.25) is 9.59 Å². The second-order valence-electron chi connectivity index (χ2n) is 3.78. The Hall–Kier alpha value is -1.79. The molecule has 7 nitrogen and oxygen atoms in total. The highest BCUT2D eigenvalue weighted by Crippen LogP contribution is 2.36. The van der Waals surface area contributed by atoms with E-state index in [9.17, 15) is 14.4 Å². The van der Waals surface area contributed by atoms with Crippen molar-refractivity contribution >= 4 is 18.0 Å². The lowest BCUT2D eigenvalue weighted by atomic mass is 9.80. The van der Waals surface area contributed by atoms with E-state index in [1.165, 1.54) is 6.92 Å². The van der Waals surface area contributed by atoms with E-state index in [0.29, 0.717) is 0 Å². The van der Waals surface area contributed by atoms with E-state index in [4.69, 9.17) is 15.3 Å². The van der Waals surface area contributed by atoms with Crippen molar-refractivity contribution in [1.82, 2.24) is 4.90 Å². The van der Waals surface area contributed by atoms with Crippen LogP contribution in [0.3, 0.4) is 0 Å². The van der Waals surface area contributed by atoms with Gasteiger partial charge in [-0.05, 0) is 6.92 Å². The molecule has 15 heavy (non-hydrogen) atoms. The van der Waals surface area contributed by atoms with Crippen LogP contribution in [0.15, 0.2) is 0 Å². The summed E-state index contributed by atoms with van der Waals surface area (Å²) in [7, 11) is 0. The van der Waals surface area contributed by atoms with Crippen molar-refractivity contribution in [3.05, 3.63) is 0 Å². The largest absolute Gasteiger partial charge is 0.481 e. The first kappa shape index (κ1) is 11.3. The van der Waals surface area contributed by atoms with E-state index >= 15 is 0 Å². The maximum absolute atomic E-state index is 10.9. The molecule has 0 spiro atoms. The van der Waals surface area contributed by atoms with Gasteiger partial charge < -0.3 is 20.2 Å². The van der Waals surface area contributed by atoms with Crippen LogP contribution in [0, 0.1) is 11.3 Å². The van der Waals surface area contributed by atoms with Gasteiger partial charge in [0.15, 0.2) is 0 Å². The molecule has 84 valence electrons. The number of amides is 1. The average molecular weight is 217 g/mol. The molecular weight excluding hydrogens is 206 g/mol. The fourth-order valence-corrected chi connectivity index (χ4v) is 1.71. The third-order valence-electron chi connectivity index (χ3n) is 2.75. The number of carbonyl (C=O) groups is 3. The first-order valence-electron chi connectivity index (χ1n) is 4.23. The lowest BCUT2D eigenvalue weighted by Gasteiger charge is -2.21. The molecule has 7 heteroatoms. The van der Waals surface area contributed by atoms with E-state index in [1.807, 2.05) is 0 Å². The molecule has 1 heterocycles. The van der Waals surface area contributed by atoms with Crippen molar-refractivity contribution in [1.29, 1.82) is 0 Å². The topological polar surface area (TPSA) is 115 Å². The monoisotopic (exact) mass is 217 g/mol. The van der Waals surface area contributed by atoms with Crippen molar-refractivity contribution in [3.63, 3.8) is 0 Å². The number of carboxylic acids is 2. The molecule has 1 rings (SSSR count). The first-order valence-corrected chi connectivity index (χ1v) is 4.23. The second kappa shape index (κ2) is 3.41. The van der Waals surface area contributed by atoms with Crippen LogP contribution < -0.4 is 0 Å². The van der Waals surface area contributed by atoms with Crippen LogP contribution in [-0.4, -0.2) is 51.3 Å². The van der Waals surface area contributed by atoms with Crippen molar-refractivity contribution in [3.8, 4) is 0 Å². The number of hydrogen-bond acceptors (Lipinski definition) is 3. The standard InChI is InChI=1S/C8H11NO6/c1-8(6(12)13)3-9(7(14)15)2-4(8)5(10)11/h4H,2-3H2,1H3,(H,10,11)(H,12,13)(H,14,15). The smallest absolute Gasteiger partial charge is 0.407 e. The SMILES string of the molecule is CC1(C(=O)O)CN(C(=O)O)CC1C(=O)O. The molecule has 0 radical (unpaired) electrons. The van der Waals surface area contributed by atoms with Crippen LogP contribution in [0.25, 0.3) is 0 Å². The van der Waals surface area contributed by atoms with Crippen molar-refractivity contribution in [2.24, 2.45) is 11.3 Å². The minimum Gasteiger partial charge on any atom is -0.481 e. The highest BCUT2D eigenvalue weighted by atomic mass is 16.4. The predicted octanol–water partition coefficient (Wildman–Crippen LogP) is -0.228. The Balaban J connectivity index is 3.00. The average Bonchev–Trinajstić information content (AvgIpc) is 2.44. The zero-order valence-corrected chi connectivity index (χ0v) is 8.01. The summed E-state index contributed by atoms with van der Waals surface area (Å²) in [5.41, 5.74) is -1.55. The van der Waals surface area contributed by atoms with Crippen molar-refractivity contribution < 1.29 is 29.7 Å². The van der Waals surface area contributed by atoms with Gasteiger partial charge in [-0.2, -0.15) is 0 Å². The van der Waals surface area contributed by atoms with E-state index in [1.54, 1.807) is 0 Å². The van der Waals surface area contributed by atoms with Gasteiger partial charge >= 0.3 is 18.0 Å². The molecular formula is C8H11NO6. The maximum Gasteiger partial charge on any atom is 0.407 e. The van der Waals surface area contributed by atoms with Gasteiger partial charge in [0.05, 0.1) is 11.3 Å². The summed E-state index contributed by atoms with van der Waals surface area (Å²) in [4.78, 5) is 33.2. The number of carboxylic acid groups (broad SMARTS) is 3. The van der Waals surface area contributed by atoms with Crippen LogP contribution in [0.1, 0.15) is 6.92 Å². The second-order valence-corrected chi connectivity index (χ2v) is 3.78. The third kappa shape index (κ3) is 1.72. The van der Waals surface area contributed by atoms with Gasteiger partial charge in [-0.15, -0.1) is 0 Å². The molecule has 2 atom stereocenters. The van der Waals surface area contributed by atoms with E-state index < -0.39 is 29.4 Å². The van der Waals surface area contributed by atoms with Crippen molar-refractivity contribution in [2.75, 3.05) is 13.1 Å². The summed E-state index contributed by atoms with van der Waals surface area (Å²) in [5, 5.41) is 26.4. The molecule has 0 aliphatic carbocycles. The molecule has 1 amide bonds. The molecule has 0 aromatic heterocycles. The Morgan fingerprint density at radius 3 is 2.07 bits per heavy atom. The number of hydrogen-bond donors (Lipinski definition) is 3. The molecule has 1 aliphatic rings. The summed E-state index contributed by atoms with van der Waals surface area (Å²) >= 11 is 0. The number of nitrogens with zero attached hydrogens (tertiary/aromatic N) is 1. The Morgan fingerprint density at radius 2 is 1.80 bits per heavy atom. The summed E-state index contributed by atoms with van der Waals surface area (Å²) < 4.78 is 0. The fourth-order valence-electron chi connectivity index (χ4n) is 1.71. The van der Waals surface area contributed by atoms with Gasteiger partial charge in [0.25, 0.3) is 0 Å². The number of rotatable bonds is 2. The Morgan fingerprint density at radius 1 is 1.27 bits per heavy atom. The summed E-state index contributed by atoms with van der Waals surface area (Å²) in [6, 6.07) is 0. The van der Waals surface area contributed by atoms with E-state index in [2.05, 4.69) is 0 Å². The van der Waals surface area contributed by atoms with E-state index in [0.717, 1.165) is 4.90 Å². The van der Waals surface area contributed by atoms with Crippen LogP contribution in [0.4, 0.5) is 4.79 Å². The number of aliphatic carboxylic acids is 2. The molecule has 1 fully saturated rings. The van der Waals surface area contributed by atoms with Gasteiger partial charge in [-0.1, -0.05) is 0 Å². The predicted molar refractivity (Wildman–Crippen MR) is 46.5 cm³/mol. The highest BCUT2D eigenvalue weighted by molar-refractivity contribution is 5.85. The molecule has 3 N–H and O–H groups in total. The van der Waals surface area contributed by atoms with E-state index in [-0.39, 0.29) is 13.1 Å². The van der Waals surface area contributed by atoms with Gasteiger partial charge in [0.1, 0.15) is 0 Å². The lowest BCUT2D eigenvalue weighted by Crippen LogP contribution is -2.39. The quantitative estimate of drug-likeness (QED) is 0.588. The zero-order valence-electron chi connectivity index (χ0n) is 8.01. The van der Waals surface area contributed by atoms with Crippen molar-refractivity contribution in [2.45, 2.75) is 6.92 Å². The zero-order chi connectivity index (χ0) is 11.8. The molecule has 0 aromatic carbocycles. The maximum atomic E-state index is 10.9. The van der Waals surface area contributed by atoms with Gasteiger partial charge in [0.2, 0.25) is 0 Å². The van der Waals surface area contributed by atoms with Gasteiger partial charge in [-0.25, -0.2) is 4.79 Å². The van der Waals surface area contributed by atoms with Crippen LogP contribution in [0.5, 0.6) is 0 Å². The Kier molecular flexibility index (Phi) is 2.57. The van der Waals surface area contributed by atoms with Crippen LogP contribution >= 0.6 is 0 Å². The lowest BCUT2D eigenvalue weighted by molar-refractivity contribution is -0.157. The minimum absolute atomic E-state index is 0.284. The minimum atomic E-state index is -1.55. The molecule has 1 saturated heterocycles. The fraction of sp³-hybridized carbons (Fsp3) is 0.625. The van der Waals surface area contributed by atoms with Crippen LogP contribution in [0.2, 0.25) is 0 Å². The number of likely N-dealkylation sites (tertiary alicyclic amines) is 1. The Bertz CT molecular complexity index is 327. The molecule has 0 saturated carbocycles. The third-order valence-corrected chi connectivity index (χ3v) is 2.75.